The van der Waals surface area contributed by atoms with Crippen molar-refractivity contribution >= 4 is 23.4 Å². The molecule has 1 aromatic rings. The van der Waals surface area contributed by atoms with Crippen LogP contribution in [-0.4, -0.2) is 52.9 Å². The van der Waals surface area contributed by atoms with E-state index in [4.69, 9.17) is 11.6 Å². The van der Waals surface area contributed by atoms with Gasteiger partial charge in [-0.2, -0.15) is 0 Å². The first-order valence-electron chi connectivity index (χ1n) is 9.04. The zero-order chi connectivity index (χ0) is 17.8. The molecule has 0 radical (unpaired) electrons. The number of aliphatic hydroxyl groups is 1. The topological polar surface area (TPSA) is 60.9 Å². The SMILES string of the molecule is O=C1CCCN1CCC1CCN(C(=O)C(O)c2cccc(Cl)c2)CC1. The van der Waals surface area contributed by atoms with Crippen molar-refractivity contribution in [1.29, 1.82) is 0 Å². The van der Waals surface area contributed by atoms with E-state index in [1.54, 1.807) is 29.2 Å². The standard InChI is InChI=1S/C19H25ClN2O3/c20-16-4-1-3-15(13-16)18(24)19(25)22-11-7-14(8-12-22)6-10-21-9-2-5-17(21)23/h1,3-4,13-14,18,24H,2,5-12H2. The maximum Gasteiger partial charge on any atom is 0.256 e. The quantitative estimate of drug-likeness (QED) is 0.873. The minimum Gasteiger partial charge on any atom is -0.378 e. The van der Waals surface area contributed by atoms with Crippen LogP contribution in [0.4, 0.5) is 0 Å². The molecule has 2 amide bonds. The largest absolute Gasteiger partial charge is 0.378 e. The summed E-state index contributed by atoms with van der Waals surface area (Å²) in [6, 6.07) is 6.80. The molecule has 0 spiro atoms. The lowest BCUT2D eigenvalue weighted by Crippen LogP contribution is -2.41. The summed E-state index contributed by atoms with van der Waals surface area (Å²) in [7, 11) is 0. The molecule has 1 unspecified atom stereocenters. The molecule has 0 saturated carbocycles. The number of amides is 2. The van der Waals surface area contributed by atoms with Gasteiger partial charge in [0, 0.05) is 37.6 Å². The Balaban J connectivity index is 1.46. The molecule has 0 aliphatic carbocycles. The van der Waals surface area contributed by atoms with Gasteiger partial charge in [0.25, 0.3) is 5.91 Å². The summed E-state index contributed by atoms with van der Waals surface area (Å²) in [5.74, 6) is 0.563. The first-order chi connectivity index (χ1) is 12.0. The van der Waals surface area contributed by atoms with E-state index in [-0.39, 0.29) is 11.8 Å². The Kier molecular flexibility index (Phi) is 5.97. The Bertz CT molecular complexity index is 629. The monoisotopic (exact) mass is 364 g/mol. The number of nitrogens with zero attached hydrogens (tertiary/aromatic N) is 2. The van der Waals surface area contributed by atoms with Crippen LogP contribution in [-0.2, 0) is 9.59 Å². The Hall–Kier alpha value is -1.59. The van der Waals surface area contributed by atoms with E-state index in [0.717, 1.165) is 38.8 Å². The molecule has 1 atom stereocenters. The van der Waals surface area contributed by atoms with Crippen molar-refractivity contribution in [3.8, 4) is 0 Å². The molecule has 6 heteroatoms. The molecule has 25 heavy (non-hydrogen) atoms. The molecule has 2 aliphatic rings. The number of benzene rings is 1. The number of carbonyl (C=O) groups is 2. The van der Waals surface area contributed by atoms with Gasteiger partial charge >= 0.3 is 0 Å². The van der Waals surface area contributed by atoms with Gasteiger partial charge in [0.15, 0.2) is 6.10 Å². The highest BCUT2D eigenvalue weighted by Gasteiger charge is 2.29. The van der Waals surface area contributed by atoms with E-state index < -0.39 is 6.10 Å². The van der Waals surface area contributed by atoms with E-state index in [1.807, 2.05) is 4.90 Å². The highest BCUT2D eigenvalue weighted by Crippen LogP contribution is 2.25. The van der Waals surface area contributed by atoms with Gasteiger partial charge in [0.1, 0.15) is 0 Å². The van der Waals surface area contributed by atoms with Gasteiger partial charge in [0.05, 0.1) is 0 Å². The number of rotatable bonds is 5. The highest BCUT2D eigenvalue weighted by molar-refractivity contribution is 6.30. The smallest absolute Gasteiger partial charge is 0.256 e. The van der Waals surface area contributed by atoms with Crippen LogP contribution < -0.4 is 0 Å². The average Bonchev–Trinajstić information content (AvgIpc) is 3.04. The fraction of sp³-hybridized carbons (Fsp3) is 0.579. The van der Waals surface area contributed by atoms with Gasteiger partial charge in [-0.15, -0.1) is 0 Å². The first kappa shape index (κ1) is 18.2. The summed E-state index contributed by atoms with van der Waals surface area (Å²) in [6.45, 7) is 3.05. The number of hydrogen-bond donors (Lipinski definition) is 1. The zero-order valence-electron chi connectivity index (χ0n) is 14.4. The van der Waals surface area contributed by atoms with Crippen molar-refractivity contribution in [2.75, 3.05) is 26.2 Å². The lowest BCUT2D eigenvalue weighted by molar-refractivity contribution is -0.142. The van der Waals surface area contributed by atoms with E-state index in [1.165, 1.54) is 0 Å². The van der Waals surface area contributed by atoms with Gasteiger partial charge < -0.3 is 14.9 Å². The third-order valence-corrected chi connectivity index (χ3v) is 5.54. The minimum atomic E-state index is -1.16. The molecule has 136 valence electrons. The molecular weight excluding hydrogens is 340 g/mol. The zero-order valence-corrected chi connectivity index (χ0v) is 15.1. The number of piperidine rings is 1. The van der Waals surface area contributed by atoms with Gasteiger partial charge in [-0.05, 0) is 49.3 Å². The van der Waals surface area contributed by atoms with Crippen LogP contribution in [0.15, 0.2) is 24.3 Å². The summed E-state index contributed by atoms with van der Waals surface area (Å²) in [4.78, 5) is 27.9. The average molecular weight is 365 g/mol. The van der Waals surface area contributed by atoms with Gasteiger partial charge in [-0.3, -0.25) is 9.59 Å². The fourth-order valence-corrected chi connectivity index (χ4v) is 3.91. The van der Waals surface area contributed by atoms with Gasteiger partial charge in [0.2, 0.25) is 5.91 Å². The molecule has 2 aliphatic heterocycles. The minimum absolute atomic E-state index is 0.254. The van der Waals surface area contributed by atoms with Crippen LogP contribution in [0.1, 0.15) is 43.8 Å². The Morgan fingerprint density at radius 1 is 1.28 bits per heavy atom. The van der Waals surface area contributed by atoms with Crippen molar-refractivity contribution < 1.29 is 14.7 Å². The van der Waals surface area contributed by atoms with E-state index in [9.17, 15) is 14.7 Å². The first-order valence-corrected chi connectivity index (χ1v) is 9.42. The predicted octanol–water partition coefficient (Wildman–Crippen LogP) is 2.62. The Morgan fingerprint density at radius 2 is 2.04 bits per heavy atom. The van der Waals surface area contributed by atoms with Crippen molar-refractivity contribution in [3.63, 3.8) is 0 Å². The highest BCUT2D eigenvalue weighted by atomic mass is 35.5. The normalized spacial score (nSPS) is 20.2. The number of halogens is 1. The third kappa shape index (κ3) is 4.53. The summed E-state index contributed by atoms with van der Waals surface area (Å²) < 4.78 is 0. The van der Waals surface area contributed by atoms with Crippen LogP contribution in [0.3, 0.4) is 0 Å². The molecule has 2 saturated heterocycles. The summed E-state index contributed by atoms with van der Waals surface area (Å²) >= 11 is 5.93. The second-order valence-electron chi connectivity index (χ2n) is 7.00. The third-order valence-electron chi connectivity index (χ3n) is 5.30. The van der Waals surface area contributed by atoms with Crippen molar-refractivity contribution in [3.05, 3.63) is 34.9 Å². The van der Waals surface area contributed by atoms with Gasteiger partial charge in [-0.1, -0.05) is 23.7 Å². The second kappa shape index (κ2) is 8.19. The van der Waals surface area contributed by atoms with Crippen LogP contribution in [0.2, 0.25) is 5.02 Å². The van der Waals surface area contributed by atoms with Crippen molar-refractivity contribution in [2.24, 2.45) is 5.92 Å². The van der Waals surface area contributed by atoms with E-state index in [2.05, 4.69) is 0 Å². The molecule has 1 aromatic carbocycles. The van der Waals surface area contributed by atoms with Crippen molar-refractivity contribution in [2.45, 2.75) is 38.2 Å². The predicted molar refractivity (Wildman–Crippen MR) is 96.1 cm³/mol. The molecule has 2 fully saturated rings. The van der Waals surface area contributed by atoms with Crippen LogP contribution >= 0.6 is 11.6 Å². The summed E-state index contributed by atoms with van der Waals surface area (Å²) in [5.41, 5.74) is 0.534. The Labute approximate surface area is 153 Å². The van der Waals surface area contributed by atoms with E-state index >= 15 is 0 Å². The molecule has 3 rings (SSSR count). The number of hydrogen-bond acceptors (Lipinski definition) is 3. The Morgan fingerprint density at radius 3 is 2.68 bits per heavy atom. The molecule has 5 nitrogen and oxygen atoms in total. The molecular formula is C19H25ClN2O3. The van der Waals surface area contributed by atoms with Crippen LogP contribution in [0, 0.1) is 5.92 Å². The molecule has 2 heterocycles. The van der Waals surface area contributed by atoms with Gasteiger partial charge in [-0.25, -0.2) is 0 Å². The number of likely N-dealkylation sites (tertiary alicyclic amines) is 2. The lowest BCUT2D eigenvalue weighted by Gasteiger charge is -2.34. The molecule has 0 bridgehead atoms. The van der Waals surface area contributed by atoms with E-state index in [0.29, 0.717) is 36.0 Å². The molecule has 1 N–H and O–H groups in total. The fourth-order valence-electron chi connectivity index (χ4n) is 3.71. The number of aliphatic hydroxyl groups excluding tert-OH is 1. The summed E-state index contributed by atoms with van der Waals surface area (Å²) in [5, 5.41) is 10.8. The van der Waals surface area contributed by atoms with Crippen molar-refractivity contribution in [1.82, 2.24) is 9.80 Å². The number of carbonyl (C=O) groups excluding carboxylic acids is 2. The maximum absolute atomic E-state index is 12.5. The summed E-state index contributed by atoms with van der Waals surface area (Å²) in [6.07, 6.45) is 3.37. The van der Waals surface area contributed by atoms with Crippen LogP contribution in [0.25, 0.3) is 0 Å². The maximum atomic E-state index is 12.5. The lowest BCUT2D eigenvalue weighted by atomic mass is 9.93. The second-order valence-corrected chi connectivity index (χ2v) is 7.44. The molecule has 0 aromatic heterocycles. The van der Waals surface area contributed by atoms with Crippen LogP contribution in [0.5, 0.6) is 0 Å².